The van der Waals surface area contributed by atoms with Gasteiger partial charge in [0.05, 0.1) is 10.1 Å². The first-order chi connectivity index (χ1) is 14.9. The van der Waals surface area contributed by atoms with E-state index in [9.17, 15) is 13.2 Å². The quantitative estimate of drug-likeness (QED) is 0.297. The minimum Gasteiger partial charge on any atom is -0.357 e. The summed E-state index contributed by atoms with van der Waals surface area (Å²) in [4.78, 5) is 20.2. The van der Waals surface area contributed by atoms with Crippen molar-refractivity contribution in [2.45, 2.75) is 21.4 Å². The van der Waals surface area contributed by atoms with Gasteiger partial charge in [0.25, 0.3) is 10.0 Å². The number of thioether (sulfide) groups is 1. The van der Waals surface area contributed by atoms with Crippen molar-refractivity contribution in [2.24, 2.45) is 0 Å². The SMILES string of the molecule is C=CCNc1nnc(S[C@H](C)C(=O)Nc2ccc(S(=O)(=O)Nc3ncccn3)cc2)s1. The highest BCUT2D eigenvalue weighted by Crippen LogP contribution is 2.29. The number of benzene rings is 1. The molecule has 1 aromatic carbocycles. The molecule has 13 heteroatoms. The third-order valence-corrected chi connectivity index (χ3v) is 7.08. The smallest absolute Gasteiger partial charge is 0.264 e. The Balaban J connectivity index is 1.57. The molecule has 0 aliphatic carbocycles. The van der Waals surface area contributed by atoms with Gasteiger partial charge in [0.2, 0.25) is 17.0 Å². The van der Waals surface area contributed by atoms with Crippen molar-refractivity contribution in [3.05, 3.63) is 55.4 Å². The van der Waals surface area contributed by atoms with E-state index in [1.807, 2.05) is 0 Å². The number of hydrogen-bond donors (Lipinski definition) is 3. The van der Waals surface area contributed by atoms with Gasteiger partial charge in [-0.15, -0.1) is 16.8 Å². The normalized spacial score (nSPS) is 12.0. The lowest BCUT2D eigenvalue weighted by atomic mass is 10.3. The lowest BCUT2D eigenvalue weighted by molar-refractivity contribution is -0.115. The average Bonchev–Trinajstić information content (AvgIpc) is 3.20. The Hall–Kier alpha value is -3.03. The molecule has 0 bridgehead atoms. The van der Waals surface area contributed by atoms with Crippen LogP contribution in [0.2, 0.25) is 0 Å². The predicted molar refractivity (Wildman–Crippen MR) is 122 cm³/mol. The van der Waals surface area contributed by atoms with Gasteiger partial charge in [0, 0.05) is 24.6 Å². The topological polar surface area (TPSA) is 139 Å². The fourth-order valence-electron chi connectivity index (χ4n) is 2.19. The first-order valence-electron chi connectivity index (χ1n) is 8.93. The molecule has 0 saturated heterocycles. The number of rotatable bonds is 10. The molecule has 1 atom stereocenters. The molecular weight excluding hydrogens is 458 g/mol. The lowest BCUT2D eigenvalue weighted by Crippen LogP contribution is -2.22. The van der Waals surface area contributed by atoms with Gasteiger partial charge in [-0.1, -0.05) is 29.2 Å². The van der Waals surface area contributed by atoms with Crippen LogP contribution in [0.3, 0.4) is 0 Å². The monoisotopic (exact) mass is 477 g/mol. The maximum absolute atomic E-state index is 12.5. The first kappa shape index (κ1) is 22.7. The molecule has 0 saturated carbocycles. The Morgan fingerprint density at radius 3 is 2.61 bits per heavy atom. The van der Waals surface area contributed by atoms with Crippen molar-refractivity contribution >= 4 is 55.8 Å². The molecule has 3 rings (SSSR count). The highest BCUT2D eigenvalue weighted by molar-refractivity contribution is 8.02. The summed E-state index contributed by atoms with van der Waals surface area (Å²) < 4.78 is 27.8. The van der Waals surface area contributed by atoms with E-state index < -0.39 is 15.3 Å². The van der Waals surface area contributed by atoms with E-state index in [0.29, 0.717) is 21.7 Å². The zero-order valence-electron chi connectivity index (χ0n) is 16.3. The summed E-state index contributed by atoms with van der Waals surface area (Å²) in [7, 11) is -3.84. The number of carbonyl (C=O) groups excluding carboxylic acids is 1. The summed E-state index contributed by atoms with van der Waals surface area (Å²) in [6.45, 7) is 5.95. The van der Waals surface area contributed by atoms with Crippen LogP contribution in [0.1, 0.15) is 6.92 Å². The number of amides is 1. The van der Waals surface area contributed by atoms with E-state index in [1.165, 1.54) is 59.8 Å². The van der Waals surface area contributed by atoms with Crippen molar-refractivity contribution in [3.63, 3.8) is 0 Å². The number of nitrogens with zero attached hydrogens (tertiary/aromatic N) is 4. The number of nitrogens with one attached hydrogen (secondary N) is 3. The molecule has 3 aromatic rings. The Morgan fingerprint density at radius 1 is 1.23 bits per heavy atom. The molecule has 10 nitrogen and oxygen atoms in total. The van der Waals surface area contributed by atoms with E-state index in [1.54, 1.807) is 19.1 Å². The molecule has 0 radical (unpaired) electrons. The van der Waals surface area contributed by atoms with E-state index in [4.69, 9.17) is 0 Å². The molecule has 0 fully saturated rings. The Labute approximate surface area is 187 Å². The maximum atomic E-state index is 12.5. The zero-order chi connectivity index (χ0) is 22.3. The molecule has 0 aliphatic rings. The highest BCUT2D eigenvalue weighted by atomic mass is 32.2. The summed E-state index contributed by atoms with van der Waals surface area (Å²) in [5.74, 6) is -0.266. The van der Waals surface area contributed by atoms with Gasteiger partial charge in [0.1, 0.15) is 0 Å². The number of hydrogen-bond acceptors (Lipinski definition) is 10. The number of sulfonamides is 1. The van der Waals surface area contributed by atoms with Crippen LogP contribution in [-0.4, -0.2) is 46.3 Å². The zero-order valence-corrected chi connectivity index (χ0v) is 18.8. The summed E-state index contributed by atoms with van der Waals surface area (Å²) in [5, 5.41) is 14.1. The molecule has 0 unspecified atom stereocenters. The van der Waals surface area contributed by atoms with Crippen LogP contribution in [0.25, 0.3) is 0 Å². The molecule has 31 heavy (non-hydrogen) atoms. The average molecular weight is 478 g/mol. The third kappa shape index (κ3) is 6.47. The Morgan fingerprint density at radius 2 is 1.94 bits per heavy atom. The molecule has 1 amide bonds. The summed E-state index contributed by atoms with van der Waals surface area (Å²) >= 11 is 2.63. The van der Waals surface area contributed by atoms with E-state index >= 15 is 0 Å². The number of aromatic nitrogens is 4. The first-order valence-corrected chi connectivity index (χ1v) is 12.1. The van der Waals surface area contributed by atoms with Crippen LogP contribution >= 0.6 is 23.1 Å². The van der Waals surface area contributed by atoms with E-state index in [2.05, 4.69) is 42.1 Å². The van der Waals surface area contributed by atoms with Crippen LogP contribution in [-0.2, 0) is 14.8 Å². The van der Waals surface area contributed by atoms with Gasteiger partial charge in [-0.25, -0.2) is 23.1 Å². The second-order valence-electron chi connectivity index (χ2n) is 5.99. The number of carbonyl (C=O) groups is 1. The summed E-state index contributed by atoms with van der Waals surface area (Å²) in [6.07, 6.45) is 4.58. The van der Waals surface area contributed by atoms with E-state index in [-0.39, 0.29) is 16.8 Å². The fourth-order valence-corrected chi connectivity index (χ4v) is 5.05. The second-order valence-corrected chi connectivity index (χ2v) is 10.2. The molecule has 2 heterocycles. The lowest BCUT2D eigenvalue weighted by Gasteiger charge is -2.11. The standard InChI is InChI=1S/C18H19N7O3S3/c1-3-9-21-17-23-24-18(30-17)29-12(2)15(26)22-13-5-7-14(8-6-13)31(27,28)25-16-19-10-4-11-20-16/h3-8,10-12H,1,9H2,2H3,(H,21,23)(H,22,26)(H,19,20,25)/t12-/m1/s1. The summed E-state index contributed by atoms with van der Waals surface area (Å²) in [6, 6.07) is 7.39. The van der Waals surface area contributed by atoms with Crippen LogP contribution < -0.4 is 15.4 Å². The third-order valence-electron chi connectivity index (χ3n) is 3.67. The van der Waals surface area contributed by atoms with Gasteiger partial charge in [-0.05, 0) is 37.3 Å². The summed E-state index contributed by atoms with van der Waals surface area (Å²) in [5.41, 5.74) is 0.470. The molecule has 2 aromatic heterocycles. The molecule has 0 aliphatic heterocycles. The van der Waals surface area contributed by atoms with Crippen LogP contribution in [0.4, 0.5) is 16.8 Å². The Kier molecular flexibility index (Phi) is 7.55. The Bertz CT molecular complexity index is 1140. The predicted octanol–water partition coefficient (Wildman–Crippen LogP) is 2.85. The van der Waals surface area contributed by atoms with Gasteiger partial charge in [-0.2, -0.15) is 0 Å². The second kappa shape index (κ2) is 10.3. The van der Waals surface area contributed by atoms with Gasteiger partial charge in [-0.3, -0.25) is 4.79 Å². The maximum Gasteiger partial charge on any atom is 0.264 e. The molecule has 162 valence electrons. The minimum atomic E-state index is -3.84. The molecular formula is C18H19N7O3S3. The fraction of sp³-hybridized carbons (Fsp3) is 0.167. The molecule has 3 N–H and O–H groups in total. The minimum absolute atomic E-state index is 0.0220. The van der Waals surface area contributed by atoms with Crippen molar-refractivity contribution in [2.75, 3.05) is 21.9 Å². The van der Waals surface area contributed by atoms with Crippen molar-refractivity contribution in [1.82, 2.24) is 20.2 Å². The van der Waals surface area contributed by atoms with Gasteiger partial charge >= 0.3 is 0 Å². The number of anilines is 3. The van der Waals surface area contributed by atoms with E-state index in [0.717, 1.165) is 0 Å². The van der Waals surface area contributed by atoms with Crippen LogP contribution in [0.15, 0.2) is 64.6 Å². The largest absolute Gasteiger partial charge is 0.357 e. The van der Waals surface area contributed by atoms with Crippen LogP contribution in [0, 0.1) is 0 Å². The van der Waals surface area contributed by atoms with Gasteiger partial charge in [0.15, 0.2) is 4.34 Å². The highest BCUT2D eigenvalue weighted by Gasteiger charge is 2.19. The molecule has 0 spiro atoms. The van der Waals surface area contributed by atoms with Crippen molar-refractivity contribution < 1.29 is 13.2 Å². The van der Waals surface area contributed by atoms with Crippen molar-refractivity contribution in [1.29, 1.82) is 0 Å². The van der Waals surface area contributed by atoms with Crippen LogP contribution in [0.5, 0.6) is 0 Å². The van der Waals surface area contributed by atoms with Crippen molar-refractivity contribution in [3.8, 4) is 0 Å². The van der Waals surface area contributed by atoms with Gasteiger partial charge < -0.3 is 10.6 Å².